The van der Waals surface area contributed by atoms with Crippen molar-refractivity contribution >= 4 is 35.9 Å². The van der Waals surface area contributed by atoms with Gasteiger partial charge in [0.2, 0.25) is 9.84 Å². The minimum Gasteiger partial charge on any atom is -0.488 e. The molecule has 14 heteroatoms. The molecule has 49 heavy (non-hydrogen) atoms. The highest BCUT2D eigenvalue weighted by molar-refractivity contribution is 7.91. The van der Waals surface area contributed by atoms with Crippen LogP contribution in [0.2, 0.25) is 0 Å². The fraction of sp³-hybridized carbons (Fsp3) is 0.286. The highest BCUT2D eigenvalue weighted by atomic mass is 32.2. The van der Waals surface area contributed by atoms with Crippen LogP contribution in [-0.2, 0) is 35.5 Å². The number of carbonyl (C=O) groups is 1. The smallest absolute Gasteiger partial charge is 0.298 e. The first-order chi connectivity index (χ1) is 22.5. The third-order valence-electron chi connectivity index (χ3n) is 6.73. The molecule has 0 saturated carbocycles. The lowest BCUT2D eigenvalue weighted by molar-refractivity contribution is 0.103. The molecule has 0 atom stereocenters. The summed E-state index contributed by atoms with van der Waals surface area (Å²) in [5.41, 5.74) is -1.28. The van der Waals surface area contributed by atoms with Gasteiger partial charge in [0.25, 0.3) is 20.2 Å². The van der Waals surface area contributed by atoms with Gasteiger partial charge >= 0.3 is 0 Å². The van der Waals surface area contributed by atoms with Crippen LogP contribution in [-0.4, -0.2) is 45.7 Å². The second-order valence-electron chi connectivity index (χ2n) is 12.7. The summed E-state index contributed by atoms with van der Waals surface area (Å²) in [6, 6.07) is 18.0. The largest absolute Gasteiger partial charge is 0.488 e. The lowest BCUT2D eigenvalue weighted by Crippen LogP contribution is -2.22. The average molecular weight is 733 g/mol. The molecule has 0 fully saturated rings. The SMILES string of the molecule is CC.CC(C)(C)Oc1ccc(S(=O)(=O)c2ccc(Oc3ccc(C(=O)c4ccc(C(C)(C)C)c(S(=O)(=O)O)c4)cc3S(=O)(=O)O)cc2)cc1. The highest BCUT2D eigenvalue weighted by Crippen LogP contribution is 2.34. The summed E-state index contributed by atoms with van der Waals surface area (Å²) in [5, 5.41) is 0. The maximum absolute atomic E-state index is 13.3. The summed E-state index contributed by atoms with van der Waals surface area (Å²) in [6.07, 6.45) is 0. The van der Waals surface area contributed by atoms with E-state index in [0.29, 0.717) is 5.75 Å². The molecule has 0 radical (unpaired) electrons. The molecule has 0 aromatic heterocycles. The van der Waals surface area contributed by atoms with Crippen LogP contribution in [0.3, 0.4) is 0 Å². The van der Waals surface area contributed by atoms with Gasteiger partial charge in [-0.25, -0.2) is 8.42 Å². The number of ether oxygens (including phenoxy) is 2. The molecule has 0 aliphatic heterocycles. The molecule has 11 nitrogen and oxygen atoms in total. The van der Waals surface area contributed by atoms with E-state index in [9.17, 15) is 39.2 Å². The van der Waals surface area contributed by atoms with Gasteiger partial charge in [-0.3, -0.25) is 13.9 Å². The Morgan fingerprint density at radius 2 is 1.02 bits per heavy atom. The van der Waals surface area contributed by atoms with E-state index in [0.717, 1.165) is 18.2 Å². The summed E-state index contributed by atoms with van der Waals surface area (Å²) >= 11 is 0. The Kier molecular flexibility index (Phi) is 11.6. The van der Waals surface area contributed by atoms with Crippen LogP contribution in [0.4, 0.5) is 0 Å². The van der Waals surface area contributed by atoms with Gasteiger partial charge in [-0.15, -0.1) is 0 Å². The maximum atomic E-state index is 13.3. The van der Waals surface area contributed by atoms with Gasteiger partial charge in [0.05, 0.1) is 14.7 Å². The van der Waals surface area contributed by atoms with Gasteiger partial charge in [0.15, 0.2) is 5.78 Å². The van der Waals surface area contributed by atoms with Crippen molar-refractivity contribution in [2.75, 3.05) is 0 Å². The van der Waals surface area contributed by atoms with Gasteiger partial charge in [-0.05, 0) is 105 Å². The van der Waals surface area contributed by atoms with Crippen LogP contribution in [0.15, 0.2) is 105 Å². The lowest BCUT2D eigenvalue weighted by atomic mass is 9.86. The van der Waals surface area contributed by atoms with Crippen LogP contribution in [0.25, 0.3) is 0 Å². The molecule has 0 unspecified atom stereocenters. The van der Waals surface area contributed by atoms with Crippen molar-refractivity contribution in [2.45, 2.75) is 86.0 Å². The minimum absolute atomic E-state index is 0.0254. The van der Waals surface area contributed by atoms with E-state index >= 15 is 0 Å². The van der Waals surface area contributed by atoms with Crippen molar-refractivity contribution in [3.63, 3.8) is 0 Å². The second-order valence-corrected chi connectivity index (χ2v) is 17.4. The molecule has 0 spiro atoms. The van der Waals surface area contributed by atoms with Gasteiger partial charge in [0.1, 0.15) is 27.7 Å². The number of benzene rings is 4. The highest BCUT2D eigenvalue weighted by Gasteiger charge is 2.27. The number of rotatable bonds is 9. The second kappa shape index (κ2) is 14.4. The molecule has 4 aromatic carbocycles. The van der Waals surface area contributed by atoms with E-state index in [1.54, 1.807) is 32.9 Å². The molecule has 0 saturated heterocycles. The Bertz CT molecular complexity index is 2160. The summed E-state index contributed by atoms with van der Waals surface area (Å²) in [5.74, 6) is -0.628. The van der Waals surface area contributed by atoms with Crippen molar-refractivity contribution in [1.82, 2.24) is 0 Å². The van der Waals surface area contributed by atoms with Gasteiger partial charge in [0, 0.05) is 11.1 Å². The fourth-order valence-corrected chi connectivity index (χ4v) is 7.42. The Balaban J connectivity index is 0.00000319. The Labute approximate surface area is 288 Å². The summed E-state index contributed by atoms with van der Waals surface area (Å²) < 4.78 is 106. The normalized spacial score (nSPS) is 12.4. The summed E-state index contributed by atoms with van der Waals surface area (Å²) in [4.78, 5) is 12.0. The molecule has 4 rings (SSSR count). The molecular formula is C35H40O11S3. The van der Waals surface area contributed by atoms with E-state index in [4.69, 9.17) is 9.47 Å². The van der Waals surface area contributed by atoms with E-state index in [1.807, 2.05) is 34.6 Å². The number of carbonyl (C=O) groups excluding carboxylic acids is 1. The lowest BCUT2D eigenvalue weighted by Gasteiger charge is -2.22. The van der Waals surface area contributed by atoms with Crippen molar-refractivity contribution < 1.29 is 48.6 Å². The molecule has 0 heterocycles. The van der Waals surface area contributed by atoms with Gasteiger partial charge in [-0.1, -0.05) is 46.8 Å². The molecule has 0 bridgehead atoms. The van der Waals surface area contributed by atoms with Crippen LogP contribution >= 0.6 is 0 Å². The first-order valence-corrected chi connectivity index (χ1v) is 19.4. The third-order valence-corrected chi connectivity index (χ3v) is 10.3. The standard InChI is InChI=1S/C33H34O11S3.C2H6/c1-32(2,3)27-17-7-21(19-29(27)46(37,38)39)31(34)22-8-18-28(30(20-22)47(40,41)42)43-23-9-13-25(14-10-23)45(35,36)26-15-11-24(12-16-26)44-33(4,5)6;1-2/h7-20H,1-6H3,(H,37,38,39)(H,40,41,42);1-2H3. The Hall–Kier alpha value is -4.08. The zero-order chi connectivity index (χ0) is 37.2. The van der Waals surface area contributed by atoms with Crippen molar-refractivity contribution in [2.24, 2.45) is 0 Å². The number of ketones is 1. The Morgan fingerprint density at radius 3 is 1.45 bits per heavy atom. The van der Waals surface area contributed by atoms with Crippen molar-refractivity contribution in [3.05, 3.63) is 102 Å². The van der Waals surface area contributed by atoms with Crippen LogP contribution in [0, 0.1) is 0 Å². The van der Waals surface area contributed by atoms with E-state index in [1.165, 1.54) is 54.6 Å². The monoisotopic (exact) mass is 732 g/mol. The topological polar surface area (TPSA) is 178 Å². The number of hydrogen-bond acceptors (Lipinski definition) is 9. The summed E-state index contributed by atoms with van der Waals surface area (Å²) in [7, 11) is -13.6. The van der Waals surface area contributed by atoms with Crippen LogP contribution < -0.4 is 9.47 Å². The zero-order valence-electron chi connectivity index (χ0n) is 28.4. The van der Waals surface area contributed by atoms with Crippen LogP contribution in [0.1, 0.15) is 76.9 Å². The molecule has 0 amide bonds. The molecule has 0 aliphatic carbocycles. The molecule has 4 aromatic rings. The predicted molar refractivity (Wildman–Crippen MR) is 185 cm³/mol. The minimum atomic E-state index is -4.95. The molecule has 264 valence electrons. The van der Waals surface area contributed by atoms with Gasteiger partial charge in [-0.2, -0.15) is 16.8 Å². The third kappa shape index (κ3) is 9.76. The summed E-state index contributed by atoms with van der Waals surface area (Å²) in [6.45, 7) is 14.8. The fourth-order valence-electron chi connectivity index (χ4n) is 4.59. The first-order valence-electron chi connectivity index (χ1n) is 15.1. The van der Waals surface area contributed by atoms with Crippen molar-refractivity contribution in [3.8, 4) is 17.2 Å². The van der Waals surface area contributed by atoms with Crippen LogP contribution in [0.5, 0.6) is 17.2 Å². The first kappa shape index (κ1) is 39.4. The van der Waals surface area contributed by atoms with Gasteiger partial charge < -0.3 is 9.47 Å². The molecule has 2 N–H and O–H groups in total. The molecule has 0 aliphatic rings. The van der Waals surface area contributed by atoms with Crippen molar-refractivity contribution in [1.29, 1.82) is 0 Å². The average Bonchev–Trinajstić information content (AvgIpc) is 3.00. The van der Waals surface area contributed by atoms with E-state index in [2.05, 4.69) is 0 Å². The number of hydrogen-bond donors (Lipinski definition) is 2. The molecular weight excluding hydrogens is 693 g/mol. The predicted octanol–water partition coefficient (Wildman–Crippen LogP) is 7.54. The maximum Gasteiger partial charge on any atom is 0.298 e. The quantitative estimate of drug-likeness (QED) is 0.128. The Morgan fingerprint density at radius 1 is 0.592 bits per heavy atom. The number of sulfone groups is 1. The van der Waals surface area contributed by atoms with E-state index in [-0.39, 0.29) is 38.0 Å². The van der Waals surface area contributed by atoms with E-state index < -0.39 is 56.7 Å². The zero-order valence-corrected chi connectivity index (χ0v) is 30.8.